The smallest absolute Gasteiger partial charge is 0.251 e. The monoisotopic (exact) mass is 282 g/mol. The molecule has 4 aliphatic rings. The van der Waals surface area contributed by atoms with Gasteiger partial charge in [0.15, 0.2) is 0 Å². The minimum Gasteiger partial charge on any atom is -0.385 e. The van der Waals surface area contributed by atoms with Crippen molar-refractivity contribution in [3.05, 3.63) is 29.3 Å². The van der Waals surface area contributed by atoms with Crippen molar-refractivity contribution in [3.63, 3.8) is 0 Å². The Hall–Kier alpha value is -1.51. The zero-order valence-corrected chi connectivity index (χ0v) is 12.3. The van der Waals surface area contributed by atoms with E-state index in [0.29, 0.717) is 6.04 Å². The molecule has 2 N–H and O–H groups in total. The molecule has 3 nitrogen and oxygen atoms in total. The van der Waals surface area contributed by atoms with Crippen LogP contribution in [-0.2, 0) is 6.42 Å². The van der Waals surface area contributed by atoms with Crippen LogP contribution < -0.4 is 10.6 Å². The second kappa shape index (κ2) is 4.25. The Bertz CT molecular complexity index is 595. The van der Waals surface area contributed by atoms with Gasteiger partial charge < -0.3 is 10.6 Å². The van der Waals surface area contributed by atoms with Gasteiger partial charge in [0.25, 0.3) is 5.91 Å². The number of hydrogen-bond donors (Lipinski definition) is 2. The molecule has 4 unspecified atom stereocenters. The van der Waals surface area contributed by atoms with Crippen molar-refractivity contribution in [2.45, 2.75) is 38.1 Å². The largest absolute Gasteiger partial charge is 0.385 e. The number of aryl methyl sites for hydroxylation is 1. The third-order valence-corrected chi connectivity index (χ3v) is 6.34. The Morgan fingerprint density at radius 3 is 2.81 bits per heavy atom. The van der Waals surface area contributed by atoms with Crippen molar-refractivity contribution in [1.82, 2.24) is 5.32 Å². The van der Waals surface area contributed by atoms with Crippen molar-refractivity contribution in [1.29, 1.82) is 0 Å². The number of hydrogen-bond acceptors (Lipinski definition) is 2. The molecule has 1 aliphatic heterocycles. The number of amides is 1. The summed E-state index contributed by atoms with van der Waals surface area (Å²) in [6.45, 7) is 1.05. The third-order valence-electron chi connectivity index (χ3n) is 6.34. The van der Waals surface area contributed by atoms with Gasteiger partial charge in [-0.1, -0.05) is 0 Å². The van der Waals surface area contributed by atoms with Crippen LogP contribution in [0.2, 0.25) is 0 Å². The number of anilines is 1. The van der Waals surface area contributed by atoms with Gasteiger partial charge in [0.05, 0.1) is 0 Å². The topological polar surface area (TPSA) is 41.1 Å². The van der Waals surface area contributed by atoms with Gasteiger partial charge in [-0.3, -0.25) is 4.79 Å². The molecular weight excluding hydrogens is 260 g/mol. The summed E-state index contributed by atoms with van der Waals surface area (Å²) < 4.78 is 0. The summed E-state index contributed by atoms with van der Waals surface area (Å²) in [5, 5.41) is 6.72. The second-order valence-corrected chi connectivity index (χ2v) is 7.39. The summed E-state index contributed by atoms with van der Waals surface area (Å²) in [5.41, 5.74) is 3.35. The molecular formula is C18H22N2O. The van der Waals surface area contributed by atoms with Crippen LogP contribution in [0.5, 0.6) is 0 Å². The van der Waals surface area contributed by atoms with Crippen LogP contribution in [0.1, 0.15) is 41.6 Å². The maximum Gasteiger partial charge on any atom is 0.251 e. The first-order chi connectivity index (χ1) is 10.3. The standard InChI is InChI=1S/C18H22N2O/c21-18(13-5-6-14-10(8-13)2-1-7-19-14)20-17-15-11-3-4-12(9-11)16(15)17/h5-6,8,11-12,15-17,19H,1-4,7,9H2,(H,20,21). The molecule has 110 valence electrons. The Labute approximate surface area is 125 Å². The average molecular weight is 282 g/mol. The fraction of sp³-hybridized carbons (Fsp3) is 0.611. The van der Waals surface area contributed by atoms with E-state index in [9.17, 15) is 4.79 Å². The van der Waals surface area contributed by atoms with Gasteiger partial charge in [-0.25, -0.2) is 0 Å². The van der Waals surface area contributed by atoms with E-state index in [4.69, 9.17) is 0 Å². The highest BCUT2D eigenvalue weighted by atomic mass is 16.1. The van der Waals surface area contributed by atoms with E-state index in [1.165, 1.54) is 30.5 Å². The molecule has 5 rings (SSSR count). The highest BCUT2D eigenvalue weighted by molar-refractivity contribution is 5.95. The number of rotatable bonds is 2. The molecule has 4 atom stereocenters. The van der Waals surface area contributed by atoms with Crippen LogP contribution in [-0.4, -0.2) is 18.5 Å². The van der Waals surface area contributed by atoms with E-state index in [0.717, 1.165) is 48.6 Å². The molecule has 2 bridgehead atoms. The molecule has 1 heterocycles. The van der Waals surface area contributed by atoms with Gasteiger partial charge in [-0.05, 0) is 79.5 Å². The lowest BCUT2D eigenvalue weighted by atomic mass is 10.0. The number of nitrogens with one attached hydrogen (secondary N) is 2. The molecule has 21 heavy (non-hydrogen) atoms. The molecule has 3 saturated carbocycles. The maximum atomic E-state index is 12.5. The van der Waals surface area contributed by atoms with E-state index in [2.05, 4.69) is 22.8 Å². The van der Waals surface area contributed by atoms with Crippen LogP contribution in [0, 0.1) is 23.7 Å². The lowest BCUT2D eigenvalue weighted by Crippen LogP contribution is -2.30. The van der Waals surface area contributed by atoms with Crippen molar-refractivity contribution in [2.24, 2.45) is 23.7 Å². The minimum atomic E-state index is 0.141. The van der Waals surface area contributed by atoms with Crippen LogP contribution in [0.4, 0.5) is 5.69 Å². The second-order valence-electron chi connectivity index (χ2n) is 7.39. The van der Waals surface area contributed by atoms with Crippen molar-refractivity contribution < 1.29 is 4.79 Å². The van der Waals surface area contributed by atoms with Crippen molar-refractivity contribution in [2.75, 3.05) is 11.9 Å². The molecule has 1 aromatic rings. The van der Waals surface area contributed by atoms with E-state index in [1.807, 2.05) is 6.07 Å². The molecule has 3 fully saturated rings. The van der Waals surface area contributed by atoms with Gasteiger partial charge in [-0.2, -0.15) is 0 Å². The van der Waals surface area contributed by atoms with Crippen LogP contribution in [0.3, 0.4) is 0 Å². The van der Waals surface area contributed by atoms with E-state index >= 15 is 0 Å². The first kappa shape index (κ1) is 12.1. The predicted octanol–water partition coefficient (Wildman–Crippen LogP) is 2.82. The fourth-order valence-electron chi connectivity index (χ4n) is 5.37. The minimum absolute atomic E-state index is 0.141. The molecule has 3 heteroatoms. The Morgan fingerprint density at radius 1 is 1.19 bits per heavy atom. The summed E-state index contributed by atoms with van der Waals surface area (Å²) in [6.07, 6.45) is 6.49. The number of benzene rings is 1. The summed E-state index contributed by atoms with van der Waals surface area (Å²) >= 11 is 0. The number of carbonyl (C=O) groups is 1. The number of carbonyl (C=O) groups excluding carboxylic acids is 1. The Morgan fingerprint density at radius 2 is 2.00 bits per heavy atom. The van der Waals surface area contributed by atoms with Gasteiger partial charge in [0.1, 0.15) is 0 Å². The lowest BCUT2D eigenvalue weighted by Gasteiger charge is -2.18. The molecule has 0 aromatic heterocycles. The van der Waals surface area contributed by atoms with Gasteiger partial charge in [0, 0.05) is 23.8 Å². The van der Waals surface area contributed by atoms with Gasteiger partial charge in [0.2, 0.25) is 0 Å². The van der Waals surface area contributed by atoms with E-state index in [-0.39, 0.29) is 5.91 Å². The quantitative estimate of drug-likeness (QED) is 0.876. The zero-order chi connectivity index (χ0) is 14.0. The van der Waals surface area contributed by atoms with E-state index in [1.54, 1.807) is 0 Å². The summed E-state index contributed by atoms with van der Waals surface area (Å²) in [4.78, 5) is 12.5. The summed E-state index contributed by atoms with van der Waals surface area (Å²) in [7, 11) is 0. The first-order valence-corrected chi connectivity index (χ1v) is 8.49. The van der Waals surface area contributed by atoms with Crippen molar-refractivity contribution >= 4 is 11.6 Å². The number of fused-ring (bicyclic) bond motifs is 6. The molecule has 1 aromatic carbocycles. The average Bonchev–Trinajstić information content (AvgIpc) is 2.91. The third kappa shape index (κ3) is 1.76. The fourth-order valence-corrected chi connectivity index (χ4v) is 5.37. The molecule has 0 radical (unpaired) electrons. The molecule has 3 aliphatic carbocycles. The predicted molar refractivity (Wildman–Crippen MR) is 82.3 cm³/mol. The Balaban J connectivity index is 1.31. The first-order valence-electron chi connectivity index (χ1n) is 8.49. The van der Waals surface area contributed by atoms with Crippen LogP contribution in [0.15, 0.2) is 18.2 Å². The maximum absolute atomic E-state index is 12.5. The van der Waals surface area contributed by atoms with Gasteiger partial charge in [-0.15, -0.1) is 0 Å². The molecule has 0 spiro atoms. The SMILES string of the molecule is O=C(NC1C2C3CCC(C3)C12)c1ccc2c(c1)CCCN2. The van der Waals surface area contributed by atoms with Gasteiger partial charge >= 0.3 is 0 Å². The van der Waals surface area contributed by atoms with Crippen molar-refractivity contribution in [3.8, 4) is 0 Å². The molecule has 1 amide bonds. The summed E-state index contributed by atoms with van der Waals surface area (Å²) in [6, 6.07) is 6.61. The summed E-state index contributed by atoms with van der Waals surface area (Å²) in [5.74, 6) is 3.59. The normalized spacial score (nSPS) is 38.4. The van der Waals surface area contributed by atoms with Crippen LogP contribution in [0.25, 0.3) is 0 Å². The van der Waals surface area contributed by atoms with Crippen LogP contribution >= 0.6 is 0 Å². The van der Waals surface area contributed by atoms with E-state index < -0.39 is 0 Å². The highest BCUT2D eigenvalue weighted by Gasteiger charge is 2.65. The zero-order valence-electron chi connectivity index (χ0n) is 12.3. The Kier molecular flexibility index (Phi) is 2.44. The lowest BCUT2D eigenvalue weighted by molar-refractivity contribution is 0.0944. The highest BCUT2D eigenvalue weighted by Crippen LogP contribution is 2.65. The molecule has 0 saturated heterocycles.